The highest BCUT2D eigenvalue weighted by Crippen LogP contribution is 2.43. The topological polar surface area (TPSA) is 93.2 Å². The van der Waals surface area contributed by atoms with Crippen LogP contribution in [0.4, 0.5) is 11.4 Å². The summed E-state index contributed by atoms with van der Waals surface area (Å²) in [5, 5.41) is 0. The highest BCUT2D eigenvalue weighted by molar-refractivity contribution is 6.22. The molecule has 2 saturated heterocycles. The van der Waals surface area contributed by atoms with E-state index in [9.17, 15) is 19.2 Å². The molecule has 0 unspecified atom stereocenters. The van der Waals surface area contributed by atoms with Crippen LogP contribution >= 0.6 is 0 Å². The van der Waals surface area contributed by atoms with Gasteiger partial charge in [0.25, 0.3) is 0 Å². The third kappa shape index (κ3) is 4.14. The van der Waals surface area contributed by atoms with Gasteiger partial charge in [0.15, 0.2) is 0 Å². The minimum absolute atomic E-state index is 0.0475. The van der Waals surface area contributed by atoms with Gasteiger partial charge in [-0.3, -0.25) is 19.2 Å². The number of methoxy groups -OCH3 is 1. The molecule has 188 valence electrons. The number of benzene rings is 2. The van der Waals surface area contributed by atoms with Gasteiger partial charge in [-0.25, -0.2) is 4.90 Å². The minimum atomic E-state index is -0.616. The molecule has 2 aromatic rings. The third-order valence-corrected chi connectivity index (χ3v) is 7.65. The number of rotatable bonds is 5. The Morgan fingerprint density at radius 2 is 1.72 bits per heavy atom. The van der Waals surface area contributed by atoms with Crippen molar-refractivity contribution in [3.63, 3.8) is 0 Å². The minimum Gasteiger partial charge on any atom is -0.495 e. The Bertz CT molecular complexity index is 1240. The van der Waals surface area contributed by atoms with Crippen LogP contribution < -0.4 is 19.3 Å². The van der Waals surface area contributed by atoms with Crippen LogP contribution in [0.5, 0.6) is 11.5 Å². The van der Waals surface area contributed by atoms with Gasteiger partial charge in [0.2, 0.25) is 17.7 Å². The van der Waals surface area contributed by atoms with E-state index in [1.807, 2.05) is 12.1 Å². The zero-order chi connectivity index (χ0) is 25.6. The molecule has 2 heterocycles. The number of amides is 3. The van der Waals surface area contributed by atoms with Crippen LogP contribution in [0.2, 0.25) is 0 Å². The van der Waals surface area contributed by atoms with Crippen LogP contribution in [0.15, 0.2) is 42.5 Å². The summed E-state index contributed by atoms with van der Waals surface area (Å²) in [7, 11) is 1.54. The number of fused-ring (bicyclic) bond motifs is 1. The van der Waals surface area contributed by atoms with Crippen molar-refractivity contribution in [1.82, 2.24) is 0 Å². The zero-order valence-electron chi connectivity index (χ0n) is 20.7. The number of para-hydroxylation sites is 2. The molecule has 0 bridgehead atoms. The van der Waals surface area contributed by atoms with E-state index in [1.165, 1.54) is 12.0 Å². The predicted octanol–water partition coefficient (Wildman–Crippen LogP) is 3.89. The van der Waals surface area contributed by atoms with E-state index >= 15 is 0 Å². The number of imide groups is 1. The van der Waals surface area contributed by atoms with E-state index in [-0.39, 0.29) is 42.5 Å². The summed E-state index contributed by atoms with van der Waals surface area (Å²) in [5.41, 5.74) is 1.83. The lowest BCUT2D eigenvalue weighted by molar-refractivity contribution is -0.139. The molecule has 0 radical (unpaired) electrons. The van der Waals surface area contributed by atoms with Gasteiger partial charge in [0, 0.05) is 13.0 Å². The first-order valence-corrected chi connectivity index (χ1v) is 12.4. The van der Waals surface area contributed by atoms with Crippen LogP contribution in [0, 0.1) is 30.6 Å². The second-order valence-electron chi connectivity index (χ2n) is 10.1. The largest absolute Gasteiger partial charge is 0.495 e. The molecule has 3 aliphatic rings. The molecule has 2 aromatic carbocycles. The molecule has 3 fully saturated rings. The van der Waals surface area contributed by atoms with Gasteiger partial charge >= 0.3 is 5.97 Å². The average molecular weight is 491 g/mol. The number of carbonyl (C=O) groups is 4. The molecule has 5 rings (SSSR count). The number of aryl methyl sites for hydroxylation is 1. The van der Waals surface area contributed by atoms with E-state index in [0.29, 0.717) is 34.4 Å². The summed E-state index contributed by atoms with van der Waals surface area (Å²) in [6, 6.07) is 12.1. The van der Waals surface area contributed by atoms with Crippen molar-refractivity contribution in [1.29, 1.82) is 0 Å². The van der Waals surface area contributed by atoms with Crippen molar-refractivity contribution in [3.05, 3.63) is 48.0 Å². The molecule has 3 amide bonds. The van der Waals surface area contributed by atoms with Gasteiger partial charge in [-0.2, -0.15) is 0 Å². The van der Waals surface area contributed by atoms with Crippen LogP contribution in [-0.4, -0.2) is 37.3 Å². The molecule has 0 spiro atoms. The molecular weight excluding hydrogens is 460 g/mol. The average Bonchev–Trinajstić information content (AvgIpc) is 3.36. The fourth-order valence-electron chi connectivity index (χ4n) is 5.72. The lowest BCUT2D eigenvalue weighted by atomic mass is 9.76. The third-order valence-electron chi connectivity index (χ3n) is 7.65. The number of hydrogen-bond donors (Lipinski definition) is 0. The quantitative estimate of drug-likeness (QED) is 0.359. The maximum Gasteiger partial charge on any atom is 0.316 e. The van der Waals surface area contributed by atoms with E-state index in [0.717, 1.165) is 19.3 Å². The summed E-state index contributed by atoms with van der Waals surface area (Å²) in [6.07, 6.45) is 2.49. The number of hydrogen-bond acceptors (Lipinski definition) is 6. The second-order valence-corrected chi connectivity index (χ2v) is 10.1. The Morgan fingerprint density at radius 1 is 0.972 bits per heavy atom. The standard InChI is InChI=1S/C28H30N2O6/c1-16-8-10-20-21(12-16)27(33)30(26(20)32)22-11-9-19(13-17(22)2)36-28(34)18-14-25(31)29(15-18)23-6-4-5-7-24(23)35-3/h4-7,9,11,13,16,18,20-21H,8,10,12,14-15H2,1-3H3/t16-,18+,20+,21+/m0/s1. The van der Waals surface area contributed by atoms with Crippen molar-refractivity contribution < 1.29 is 28.7 Å². The lowest BCUT2D eigenvalue weighted by Crippen LogP contribution is -2.31. The Kier molecular flexibility index (Phi) is 6.28. The zero-order valence-corrected chi connectivity index (χ0v) is 20.7. The Hall–Kier alpha value is -3.68. The molecule has 36 heavy (non-hydrogen) atoms. The summed E-state index contributed by atoms with van der Waals surface area (Å²) in [6.45, 7) is 4.12. The second kappa shape index (κ2) is 9.41. The molecule has 8 nitrogen and oxygen atoms in total. The van der Waals surface area contributed by atoms with Crippen molar-refractivity contribution in [2.45, 2.75) is 39.5 Å². The predicted molar refractivity (Wildman–Crippen MR) is 133 cm³/mol. The highest BCUT2D eigenvalue weighted by Gasteiger charge is 2.50. The Balaban J connectivity index is 1.28. The van der Waals surface area contributed by atoms with Gasteiger partial charge in [0.1, 0.15) is 11.5 Å². The van der Waals surface area contributed by atoms with Crippen LogP contribution in [0.1, 0.15) is 38.2 Å². The van der Waals surface area contributed by atoms with Crippen LogP contribution in [0.3, 0.4) is 0 Å². The lowest BCUT2D eigenvalue weighted by Gasteiger charge is -2.25. The molecular formula is C28H30N2O6. The van der Waals surface area contributed by atoms with E-state index in [2.05, 4.69) is 6.92 Å². The Labute approximate surface area is 210 Å². The molecule has 0 N–H and O–H groups in total. The smallest absolute Gasteiger partial charge is 0.316 e. The van der Waals surface area contributed by atoms with Gasteiger partial charge in [-0.05, 0) is 68.0 Å². The highest BCUT2D eigenvalue weighted by atomic mass is 16.5. The molecule has 4 atom stereocenters. The van der Waals surface area contributed by atoms with Crippen LogP contribution in [0.25, 0.3) is 0 Å². The summed E-state index contributed by atoms with van der Waals surface area (Å²) in [4.78, 5) is 54.5. The van der Waals surface area contributed by atoms with E-state index < -0.39 is 11.9 Å². The summed E-state index contributed by atoms with van der Waals surface area (Å²) < 4.78 is 11.0. The number of nitrogens with zero attached hydrogens (tertiary/aromatic N) is 2. The number of ether oxygens (including phenoxy) is 2. The van der Waals surface area contributed by atoms with Crippen molar-refractivity contribution >= 4 is 35.1 Å². The Morgan fingerprint density at radius 3 is 2.47 bits per heavy atom. The maximum atomic E-state index is 13.1. The van der Waals surface area contributed by atoms with Crippen LogP contribution in [-0.2, 0) is 19.2 Å². The number of anilines is 2. The van der Waals surface area contributed by atoms with E-state index in [4.69, 9.17) is 9.47 Å². The van der Waals surface area contributed by atoms with Gasteiger partial charge < -0.3 is 14.4 Å². The molecule has 1 saturated carbocycles. The maximum absolute atomic E-state index is 13.1. The molecule has 2 aliphatic heterocycles. The van der Waals surface area contributed by atoms with Crippen molar-refractivity contribution in [3.8, 4) is 11.5 Å². The number of esters is 1. The SMILES string of the molecule is COc1ccccc1N1C[C@H](C(=O)Oc2ccc(N3C(=O)[C@@H]4CC[C@H](C)C[C@H]4C3=O)c(C)c2)CC1=O. The first kappa shape index (κ1) is 24.0. The first-order valence-electron chi connectivity index (χ1n) is 12.4. The van der Waals surface area contributed by atoms with E-state index in [1.54, 1.807) is 42.2 Å². The normalized spacial score (nSPS) is 25.8. The van der Waals surface area contributed by atoms with Crippen molar-refractivity contribution in [2.75, 3.05) is 23.5 Å². The van der Waals surface area contributed by atoms with Gasteiger partial charge in [-0.1, -0.05) is 19.1 Å². The van der Waals surface area contributed by atoms with Gasteiger partial charge in [-0.15, -0.1) is 0 Å². The summed E-state index contributed by atoms with van der Waals surface area (Å²) in [5.74, 6) is -0.727. The monoisotopic (exact) mass is 490 g/mol. The molecule has 0 aromatic heterocycles. The van der Waals surface area contributed by atoms with Gasteiger partial charge in [0.05, 0.1) is 36.2 Å². The number of carbonyl (C=O) groups excluding carboxylic acids is 4. The molecule has 8 heteroatoms. The fraction of sp³-hybridized carbons (Fsp3) is 0.429. The summed E-state index contributed by atoms with van der Waals surface area (Å²) >= 11 is 0. The fourth-order valence-corrected chi connectivity index (χ4v) is 5.72. The first-order chi connectivity index (χ1) is 17.3. The molecule has 1 aliphatic carbocycles. The van der Waals surface area contributed by atoms with Crippen molar-refractivity contribution in [2.24, 2.45) is 23.7 Å².